The Kier molecular flexibility index (Phi) is 26.7. The lowest BCUT2D eigenvalue weighted by Gasteiger charge is -2.15. The van der Waals surface area contributed by atoms with Crippen molar-refractivity contribution in [1.82, 2.24) is 40.5 Å². The summed E-state index contributed by atoms with van der Waals surface area (Å²) in [6.07, 6.45) is 11.0. The summed E-state index contributed by atoms with van der Waals surface area (Å²) in [5, 5.41) is 29.0. The number of aromatic nitrogens is 8. The summed E-state index contributed by atoms with van der Waals surface area (Å²) in [4.78, 5) is 15.2. The minimum Gasteiger partial charge on any atom is -0.364 e. The van der Waals surface area contributed by atoms with E-state index >= 15 is 0 Å². The number of aromatic amines is 2. The minimum atomic E-state index is 0.118. The van der Waals surface area contributed by atoms with Crippen LogP contribution in [-0.2, 0) is 43.3 Å². The third-order valence-corrected chi connectivity index (χ3v) is 14.9. The molecule has 0 saturated heterocycles. The second kappa shape index (κ2) is 29.1. The van der Waals surface area contributed by atoms with Crippen molar-refractivity contribution in [3.63, 3.8) is 0 Å². The Morgan fingerprint density at radius 1 is 0.458 bits per heavy atom. The highest BCUT2D eigenvalue weighted by molar-refractivity contribution is 7.10. The number of rotatable bonds is 0. The molecule has 0 unspecified atom stereocenters. The van der Waals surface area contributed by atoms with Gasteiger partial charge in [0.15, 0.2) is 0 Å². The van der Waals surface area contributed by atoms with Crippen molar-refractivity contribution in [3.8, 4) is 0 Å². The van der Waals surface area contributed by atoms with Crippen LogP contribution in [0.5, 0.6) is 0 Å². The summed E-state index contributed by atoms with van der Waals surface area (Å²) >= 11 is 8.69. The van der Waals surface area contributed by atoms with E-state index in [9.17, 15) is 0 Å². The van der Waals surface area contributed by atoms with Crippen molar-refractivity contribution in [2.45, 2.75) is 209 Å². The van der Waals surface area contributed by atoms with Gasteiger partial charge in [0, 0.05) is 78.7 Å². The first kappa shape index (κ1) is 65.9. The van der Waals surface area contributed by atoms with Crippen LogP contribution in [0.3, 0.4) is 0 Å². The Balaban J connectivity index is 0.000000411. The zero-order valence-electron chi connectivity index (χ0n) is 48.5. The number of H-pyrrole nitrogens is 2. The van der Waals surface area contributed by atoms with Crippen LogP contribution in [0.4, 0.5) is 0 Å². The lowest BCUT2D eigenvalue weighted by molar-refractivity contribution is 0.393. The molecule has 0 aliphatic carbocycles. The fraction of sp³-hybridized carbons (Fsp3) is 0.552. The monoisotopic (exact) mass is 1080 g/mol. The number of thiophene rings is 2. The van der Waals surface area contributed by atoms with Crippen molar-refractivity contribution in [2.75, 3.05) is 0 Å². The van der Waals surface area contributed by atoms with E-state index in [0.29, 0.717) is 10.8 Å². The Bertz CT molecular complexity index is 1900. The number of hydrogen-bond donors (Lipinski definition) is 2. The van der Waals surface area contributed by atoms with Crippen LogP contribution < -0.4 is 0 Å². The molecule has 8 aromatic rings. The molecular weight excluding hydrogens is 985 g/mol. The lowest BCUT2D eigenvalue weighted by Crippen LogP contribution is -2.11. The number of hydrogen-bond acceptors (Lipinski definition) is 12. The van der Waals surface area contributed by atoms with Gasteiger partial charge in [-0.05, 0) is 67.1 Å². The first-order valence-corrected chi connectivity index (χ1v) is 29.0. The normalized spacial score (nSPS) is 11.9. The predicted molar refractivity (Wildman–Crippen MR) is 318 cm³/mol. The van der Waals surface area contributed by atoms with Gasteiger partial charge < -0.3 is 4.52 Å². The maximum Gasteiger partial charge on any atom is 0.124 e. The Morgan fingerprint density at radius 3 is 1.31 bits per heavy atom. The fourth-order valence-electron chi connectivity index (χ4n) is 5.09. The van der Waals surface area contributed by atoms with Crippen LogP contribution in [-0.4, -0.2) is 40.5 Å². The number of nitrogens with one attached hydrogen (secondary N) is 2. The fourth-order valence-corrected chi connectivity index (χ4v) is 9.01. The third kappa shape index (κ3) is 27.8. The van der Waals surface area contributed by atoms with E-state index in [1.165, 1.54) is 37.3 Å². The highest BCUT2D eigenvalue weighted by atomic mass is 32.1. The molecule has 2 N–H and O–H groups in total. The Hall–Kier alpha value is -4.08. The molecule has 0 bridgehead atoms. The molecule has 9 nitrogen and oxygen atoms in total. The molecule has 8 aromatic heterocycles. The van der Waals surface area contributed by atoms with Gasteiger partial charge in [-0.1, -0.05) is 177 Å². The third-order valence-electron chi connectivity index (χ3n) is 9.97. The summed E-state index contributed by atoms with van der Waals surface area (Å²) in [7, 11) is 0. The first-order chi connectivity index (χ1) is 32.8. The van der Waals surface area contributed by atoms with Crippen LogP contribution >= 0.6 is 56.7 Å². The van der Waals surface area contributed by atoms with Crippen molar-refractivity contribution < 1.29 is 4.52 Å². The Morgan fingerprint density at radius 2 is 1.08 bits per heavy atom. The van der Waals surface area contributed by atoms with Crippen LogP contribution in [0.25, 0.3) is 0 Å². The summed E-state index contributed by atoms with van der Waals surface area (Å²) in [5.41, 5.74) is 11.8. The van der Waals surface area contributed by atoms with Crippen LogP contribution in [0.1, 0.15) is 209 Å². The van der Waals surface area contributed by atoms with Gasteiger partial charge in [0.05, 0.1) is 33.6 Å². The average molecular weight is 1080 g/mol. The number of nitrogens with zero attached hydrogens (tertiary/aromatic N) is 6. The van der Waals surface area contributed by atoms with Crippen molar-refractivity contribution in [2.24, 2.45) is 0 Å². The number of thiazole rings is 3. The van der Waals surface area contributed by atoms with Crippen LogP contribution in [0.2, 0.25) is 0 Å². The van der Waals surface area contributed by atoms with Crippen molar-refractivity contribution >= 4 is 56.7 Å². The standard InChI is InChI=1S/2C8H12S.2C7H12N2.C7H11NO.3C7H11NS/c1-8(2,3)7-4-5-9-6-7;1-8(2,3)7-5-4-6-9-7;1-7(2,3)6-4-8-9-5-6;1-7(2,3)6-4-5-8-9-6;1-7(2,3)6-4-5-9-8-6;1-7(2,3)6-4-9-5-8-6;1-7(2,3)6-4-8-5-9-6;1-7(2,3)6-8-4-5-9-6/h2*4-6H,1-3H3;2*4-5H,1-3H3,(H,8,9);4*4-5H,1-3H3. The molecule has 0 aliphatic heterocycles. The smallest absolute Gasteiger partial charge is 0.124 e. The summed E-state index contributed by atoms with van der Waals surface area (Å²) < 4.78 is 4.69. The second-order valence-electron chi connectivity index (χ2n) is 25.4. The van der Waals surface area contributed by atoms with Crippen LogP contribution in [0.15, 0.2) is 110 Å². The maximum absolute atomic E-state index is 4.69. The van der Waals surface area contributed by atoms with E-state index in [1.807, 2.05) is 64.7 Å². The second-order valence-corrected chi connectivity index (χ2v) is 29.6. The molecule has 0 spiro atoms. The van der Waals surface area contributed by atoms with Gasteiger partial charge in [-0.15, -0.1) is 45.3 Å². The van der Waals surface area contributed by atoms with E-state index in [1.54, 1.807) is 57.8 Å². The van der Waals surface area contributed by atoms with Gasteiger partial charge in [0.2, 0.25) is 0 Å². The van der Waals surface area contributed by atoms with Gasteiger partial charge in [0.25, 0.3) is 0 Å². The zero-order valence-corrected chi connectivity index (χ0v) is 52.6. The van der Waals surface area contributed by atoms with Gasteiger partial charge >= 0.3 is 0 Å². The summed E-state index contributed by atoms with van der Waals surface area (Å²) in [6, 6.07) is 10.4. The average Bonchev–Trinajstić information content (AvgIpc) is 4.13. The van der Waals surface area contributed by atoms with Crippen LogP contribution in [0, 0.1) is 0 Å². The highest BCUT2D eigenvalue weighted by Crippen LogP contribution is 2.28. The summed E-state index contributed by atoms with van der Waals surface area (Å²) in [5.74, 6) is 0. The van der Waals surface area contributed by atoms with Crippen molar-refractivity contribution in [3.05, 3.63) is 148 Å². The summed E-state index contributed by atoms with van der Waals surface area (Å²) in [6.45, 7) is 52.3. The molecule has 8 rings (SSSR count). The largest absolute Gasteiger partial charge is 0.364 e. The van der Waals surface area contributed by atoms with E-state index < -0.39 is 0 Å². The predicted octanol–water partition coefficient (Wildman–Crippen LogP) is 18.8. The van der Waals surface area contributed by atoms with Gasteiger partial charge in [-0.3, -0.25) is 15.2 Å². The maximum atomic E-state index is 4.69. The lowest BCUT2D eigenvalue weighted by atomic mass is 9.90. The molecule has 0 aromatic carbocycles. The molecule has 0 aliphatic rings. The van der Waals surface area contributed by atoms with E-state index in [2.05, 4.69) is 246 Å². The molecule has 72 heavy (non-hydrogen) atoms. The van der Waals surface area contributed by atoms with Crippen molar-refractivity contribution in [1.29, 1.82) is 0 Å². The highest BCUT2D eigenvalue weighted by Gasteiger charge is 2.19. The van der Waals surface area contributed by atoms with E-state index in [-0.39, 0.29) is 32.5 Å². The Labute approximate surface area is 456 Å². The molecule has 0 saturated carbocycles. The zero-order chi connectivity index (χ0) is 55.2. The quantitative estimate of drug-likeness (QED) is 0.155. The molecule has 14 heteroatoms. The SMILES string of the molecule is CC(C)(C)c1cccs1.CC(C)(C)c1ccn[nH]1.CC(C)(C)c1ccon1.CC(C)(C)c1ccsc1.CC(C)(C)c1cn[nH]c1.CC(C)(C)c1cncs1.CC(C)(C)c1cscn1.CC(C)(C)c1nccs1. The molecular formula is C58H92N8OS5. The molecule has 0 amide bonds. The molecule has 8 heterocycles. The minimum absolute atomic E-state index is 0.118. The molecule has 0 atom stereocenters. The van der Waals surface area contributed by atoms with Gasteiger partial charge in [-0.2, -0.15) is 21.5 Å². The molecule has 400 valence electrons. The molecule has 0 fully saturated rings. The molecule has 0 radical (unpaired) electrons. The first-order valence-electron chi connectivity index (χ1n) is 24.5. The topological polar surface area (TPSA) is 122 Å². The van der Waals surface area contributed by atoms with Gasteiger partial charge in [-0.25, -0.2) is 9.97 Å². The van der Waals surface area contributed by atoms with E-state index in [0.717, 1.165) is 5.69 Å². The van der Waals surface area contributed by atoms with E-state index in [4.69, 9.17) is 4.52 Å². The van der Waals surface area contributed by atoms with Gasteiger partial charge in [0.1, 0.15) is 6.26 Å².